The molecular formula is C15H22O4. The van der Waals surface area contributed by atoms with Gasteiger partial charge in [-0.15, -0.1) is 0 Å². The molecule has 5 rings (SSSR count). The van der Waals surface area contributed by atoms with E-state index in [0.29, 0.717) is 18.8 Å². The van der Waals surface area contributed by atoms with E-state index in [1.54, 1.807) is 0 Å². The van der Waals surface area contributed by atoms with E-state index in [2.05, 4.69) is 0 Å². The lowest BCUT2D eigenvalue weighted by molar-refractivity contribution is -0.199. The van der Waals surface area contributed by atoms with Crippen molar-refractivity contribution in [3.05, 3.63) is 11.1 Å². The normalized spacial score (nSPS) is 40.9. The number of aliphatic hydroxyl groups is 2. The molecule has 4 atom stereocenters. The minimum absolute atomic E-state index is 0.0310. The Hall–Kier alpha value is -0.870. The molecule has 4 nitrogen and oxygen atoms in total. The summed E-state index contributed by atoms with van der Waals surface area (Å²) in [5, 5.41) is 20.0. The monoisotopic (exact) mass is 266 g/mol. The molecule has 2 N–H and O–H groups in total. The number of carbonyl (C=O) groups excluding carboxylic acids is 1. The predicted octanol–water partition coefficient (Wildman–Crippen LogP) is 1.55. The van der Waals surface area contributed by atoms with Crippen LogP contribution >= 0.6 is 0 Å². The van der Waals surface area contributed by atoms with Crippen molar-refractivity contribution in [1.82, 2.24) is 0 Å². The first-order valence-electron chi connectivity index (χ1n) is 7.21. The second kappa shape index (κ2) is 4.06. The van der Waals surface area contributed by atoms with Crippen LogP contribution in [0, 0.1) is 11.8 Å². The molecule has 5 aliphatic rings. The number of aliphatic hydroxyl groups excluding tert-OH is 1. The van der Waals surface area contributed by atoms with Crippen LogP contribution in [0.1, 0.15) is 46.0 Å². The number of esters is 1. The summed E-state index contributed by atoms with van der Waals surface area (Å²) >= 11 is 0. The van der Waals surface area contributed by atoms with Crippen LogP contribution < -0.4 is 0 Å². The van der Waals surface area contributed by atoms with Gasteiger partial charge < -0.3 is 14.9 Å². The average molecular weight is 266 g/mol. The van der Waals surface area contributed by atoms with E-state index in [1.807, 2.05) is 13.8 Å². The number of ether oxygens (including phenoxy) is 1. The number of hydrogen-bond donors (Lipinski definition) is 2. The quantitative estimate of drug-likeness (QED) is 0.598. The molecule has 0 aromatic carbocycles. The second-order valence-corrected chi connectivity index (χ2v) is 6.58. The largest absolute Gasteiger partial charge is 0.458 e. The summed E-state index contributed by atoms with van der Waals surface area (Å²) in [6.07, 6.45) is 3.44. The Labute approximate surface area is 113 Å². The fourth-order valence-electron chi connectivity index (χ4n) is 4.24. The zero-order chi connectivity index (χ0) is 13.8. The van der Waals surface area contributed by atoms with Crippen molar-refractivity contribution in [3.63, 3.8) is 0 Å². The van der Waals surface area contributed by atoms with Crippen molar-refractivity contribution in [2.24, 2.45) is 11.8 Å². The summed E-state index contributed by atoms with van der Waals surface area (Å²) in [5.41, 5.74) is 0.553. The fourth-order valence-corrected chi connectivity index (χ4v) is 4.24. The molecule has 0 aliphatic heterocycles. The maximum absolute atomic E-state index is 12.1. The van der Waals surface area contributed by atoms with Gasteiger partial charge in [-0.2, -0.15) is 0 Å². The average Bonchev–Trinajstić information content (AvgIpc) is 2.35. The van der Waals surface area contributed by atoms with Crippen LogP contribution in [0.2, 0.25) is 0 Å². The van der Waals surface area contributed by atoms with Gasteiger partial charge in [0.25, 0.3) is 0 Å². The number of carbonyl (C=O) groups is 1. The first-order valence-corrected chi connectivity index (χ1v) is 7.21. The van der Waals surface area contributed by atoms with E-state index < -0.39 is 11.2 Å². The topological polar surface area (TPSA) is 66.8 Å². The Morgan fingerprint density at radius 3 is 2.84 bits per heavy atom. The second-order valence-electron chi connectivity index (χ2n) is 6.58. The molecule has 0 radical (unpaired) electrons. The molecule has 3 saturated carbocycles. The minimum Gasteiger partial charge on any atom is -0.458 e. The maximum Gasteiger partial charge on any atom is 0.309 e. The Morgan fingerprint density at radius 1 is 1.53 bits per heavy atom. The number of hydrogen-bond acceptors (Lipinski definition) is 4. The highest BCUT2D eigenvalue weighted by molar-refractivity contribution is 5.72. The Balaban J connectivity index is 1.84. The van der Waals surface area contributed by atoms with Crippen LogP contribution in [0.4, 0.5) is 0 Å². The molecule has 0 saturated heterocycles. The Bertz CT molecular complexity index is 455. The van der Waals surface area contributed by atoms with Gasteiger partial charge >= 0.3 is 5.97 Å². The molecular weight excluding hydrogens is 244 g/mol. The molecule has 106 valence electrons. The lowest BCUT2D eigenvalue weighted by Crippen LogP contribution is -2.65. The van der Waals surface area contributed by atoms with Gasteiger partial charge in [0, 0.05) is 12.8 Å². The van der Waals surface area contributed by atoms with Gasteiger partial charge in [0.1, 0.15) is 5.60 Å². The van der Waals surface area contributed by atoms with E-state index in [4.69, 9.17) is 4.74 Å². The van der Waals surface area contributed by atoms with Gasteiger partial charge in [0.05, 0.1) is 18.1 Å². The van der Waals surface area contributed by atoms with Crippen molar-refractivity contribution in [2.45, 2.75) is 57.2 Å². The molecule has 3 fully saturated rings. The summed E-state index contributed by atoms with van der Waals surface area (Å²) in [7, 11) is 0. The Kier molecular flexibility index (Phi) is 2.81. The van der Waals surface area contributed by atoms with Gasteiger partial charge in [0.15, 0.2) is 0 Å². The van der Waals surface area contributed by atoms with E-state index >= 15 is 0 Å². The molecule has 5 aliphatic carbocycles. The lowest BCUT2D eigenvalue weighted by Gasteiger charge is -2.63. The van der Waals surface area contributed by atoms with Crippen LogP contribution in [0.3, 0.4) is 0 Å². The molecule has 0 heterocycles. The third kappa shape index (κ3) is 1.77. The van der Waals surface area contributed by atoms with Crippen LogP contribution in [0.15, 0.2) is 11.1 Å². The zero-order valence-electron chi connectivity index (χ0n) is 11.6. The Morgan fingerprint density at radius 2 is 2.26 bits per heavy atom. The number of rotatable bonds is 4. The fraction of sp³-hybridized carbons (Fsp3) is 0.800. The van der Waals surface area contributed by atoms with Crippen LogP contribution in [0.25, 0.3) is 0 Å². The van der Waals surface area contributed by atoms with Crippen molar-refractivity contribution in [1.29, 1.82) is 0 Å². The summed E-state index contributed by atoms with van der Waals surface area (Å²) in [5.74, 6) is 0.0257. The van der Waals surface area contributed by atoms with E-state index in [-0.39, 0.29) is 18.5 Å². The summed E-state index contributed by atoms with van der Waals surface area (Å²) in [6.45, 7) is 3.80. The number of fused-ring (bicyclic) bond motifs is 1. The molecule has 0 aromatic heterocycles. The van der Waals surface area contributed by atoms with Crippen LogP contribution in [-0.2, 0) is 9.53 Å². The summed E-state index contributed by atoms with van der Waals surface area (Å²) in [6, 6.07) is 0. The van der Waals surface area contributed by atoms with Crippen LogP contribution in [-0.4, -0.2) is 34.0 Å². The third-order valence-corrected chi connectivity index (χ3v) is 5.17. The SMILES string of the molecule is CCC(C)C(=O)OC12CC(CO)=C3C(C1)CC3(O)C2. The van der Waals surface area contributed by atoms with Gasteiger partial charge in [-0.25, -0.2) is 0 Å². The van der Waals surface area contributed by atoms with Gasteiger partial charge in [0.2, 0.25) is 0 Å². The molecule has 4 bridgehead atoms. The summed E-state index contributed by atoms with van der Waals surface area (Å²) < 4.78 is 5.77. The van der Waals surface area contributed by atoms with Crippen molar-refractivity contribution < 1.29 is 19.7 Å². The highest BCUT2D eigenvalue weighted by atomic mass is 16.6. The zero-order valence-corrected chi connectivity index (χ0v) is 11.6. The minimum atomic E-state index is -0.811. The molecule has 19 heavy (non-hydrogen) atoms. The van der Waals surface area contributed by atoms with E-state index in [1.165, 1.54) is 0 Å². The van der Waals surface area contributed by atoms with Crippen LogP contribution in [0.5, 0.6) is 0 Å². The molecule has 4 unspecified atom stereocenters. The van der Waals surface area contributed by atoms with E-state index in [9.17, 15) is 15.0 Å². The lowest BCUT2D eigenvalue weighted by atomic mass is 9.47. The standard InChI is InChI=1S/C15H22O4/c1-3-9(2)13(17)19-14-4-10-6-15(18,8-14)12(10)11(5-14)7-16/h9-10,16,18H,3-8H2,1-2H3. The first kappa shape index (κ1) is 13.1. The highest BCUT2D eigenvalue weighted by Crippen LogP contribution is 2.64. The van der Waals surface area contributed by atoms with Gasteiger partial charge in [-0.05, 0) is 36.3 Å². The van der Waals surface area contributed by atoms with Gasteiger partial charge in [-0.1, -0.05) is 13.8 Å². The van der Waals surface area contributed by atoms with Crippen molar-refractivity contribution in [3.8, 4) is 0 Å². The third-order valence-electron chi connectivity index (χ3n) is 5.17. The first-order chi connectivity index (χ1) is 8.93. The van der Waals surface area contributed by atoms with Gasteiger partial charge in [-0.3, -0.25) is 4.79 Å². The molecule has 0 amide bonds. The summed E-state index contributed by atoms with van der Waals surface area (Å²) in [4.78, 5) is 12.1. The van der Waals surface area contributed by atoms with Crippen molar-refractivity contribution in [2.75, 3.05) is 6.61 Å². The molecule has 4 heteroatoms. The maximum atomic E-state index is 12.1. The molecule has 0 aromatic rings. The highest BCUT2D eigenvalue weighted by Gasteiger charge is 2.65. The van der Waals surface area contributed by atoms with E-state index in [0.717, 1.165) is 30.4 Å². The van der Waals surface area contributed by atoms with Crippen molar-refractivity contribution >= 4 is 5.97 Å². The molecule has 0 spiro atoms. The predicted molar refractivity (Wildman–Crippen MR) is 69.3 cm³/mol. The smallest absolute Gasteiger partial charge is 0.309 e.